The van der Waals surface area contributed by atoms with E-state index in [4.69, 9.17) is 4.74 Å². The molecule has 4 nitrogen and oxygen atoms in total. The van der Waals surface area contributed by atoms with Crippen LogP contribution in [0.1, 0.15) is 10.4 Å². The Bertz CT molecular complexity index is 659. The van der Waals surface area contributed by atoms with Gasteiger partial charge >= 0.3 is 0 Å². The minimum Gasteiger partial charge on any atom is -0.507 e. The summed E-state index contributed by atoms with van der Waals surface area (Å²) in [6.07, 6.45) is 0. The summed E-state index contributed by atoms with van der Waals surface area (Å²) in [4.78, 5) is 12.1. The molecule has 1 amide bonds. The molecule has 2 N–H and O–H groups in total. The third-order valence-electron chi connectivity index (χ3n) is 2.57. The summed E-state index contributed by atoms with van der Waals surface area (Å²) in [5.74, 6) is 0.339. The first-order valence-electron chi connectivity index (χ1n) is 5.64. The first-order chi connectivity index (χ1) is 9.49. The van der Waals surface area contributed by atoms with E-state index in [0.29, 0.717) is 21.5 Å². The summed E-state index contributed by atoms with van der Waals surface area (Å²) in [5, 5.41) is 12.3. The quantitative estimate of drug-likeness (QED) is 0.812. The highest BCUT2D eigenvalue weighted by molar-refractivity contribution is 9.10. The SMILES string of the molecule is COc1cc(Br)cc(NC(=O)c2ccc(Br)c(O)c2)c1. The summed E-state index contributed by atoms with van der Waals surface area (Å²) in [5.41, 5.74) is 0.966. The van der Waals surface area contributed by atoms with Crippen LogP contribution in [-0.4, -0.2) is 18.1 Å². The molecule has 2 aromatic rings. The molecule has 0 aromatic heterocycles. The average molecular weight is 401 g/mol. The summed E-state index contributed by atoms with van der Waals surface area (Å²) < 4.78 is 6.47. The van der Waals surface area contributed by atoms with Crippen LogP contribution < -0.4 is 10.1 Å². The van der Waals surface area contributed by atoms with Gasteiger partial charge in [-0.3, -0.25) is 4.79 Å². The number of halogens is 2. The molecule has 0 aliphatic heterocycles. The van der Waals surface area contributed by atoms with Gasteiger partial charge in [0.1, 0.15) is 11.5 Å². The zero-order valence-electron chi connectivity index (χ0n) is 10.5. The van der Waals surface area contributed by atoms with Crippen LogP contribution in [0, 0.1) is 0 Å². The van der Waals surface area contributed by atoms with Gasteiger partial charge in [-0.1, -0.05) is 15.9 Å². The second-order valence-electron chi connectivity index (χ2n) is 4.00. The Morgan fingerprint density at radius 2 is 1.95 bits per heavy atom. The normalized spacial score (nSPS) is 10.2. The molecule has 0 heterocycles. The van der Waals surface area contributed by atoms with Crippen molar-refractivity contribution in [2.24, 2.45) is 0 Å². The van der Waals surface area contributed by atoms with Crippen molar-refractivity contribution in [3.63, 3.8) is 0 Å². The molecule has 0 spiro atoms. The molecule has 2 aromatic carbocycles. The minimum absolute atomic E-state index is 0.0180. The zero-order chi connectivity index (χ0) is 14.7. The van der Waals surface area contributed by atoms with Crippen molar-refractivity contribution >= 4 is 43.5 Å². The van der Waals surface area contributed by atoms with Crippen molar-refractivity contribution < 1.29 is 14.6 Å². The standard InChI is InChI=1S/C14H11Br2NO3/c1-20-11-6-9(15)5-10(7-11)17-14(19)8-2-3-12(16)13(18)4-8/h2-7,18H,1H3,(H,17,19). The van der Waals surface area contributed by atoms with E-state index in [2.05, 4.69) is 37.2 Å². The number of phenols is 1. The van der Waals surface area contributed by atoms with Crippen molar-refractivity contribution in [1.29, 1.82) is 0 Å². The Balaban J connectivity index is 2.23. The molecular formula is C14H11Br2NO3. The number of benzene rings is 2. The van der Waals surface area contributed by atoms with Crippen LogP contribution in [0.15, 0.2) is 45.3 Å². The number of carbonyl (C=O) groups is 1. The molecular weight excluding hydrogens is 390 g/mol. The van der Waals surface area contributed by atoms with Crippen LogP contribution in [0.5, 0.6) is 11.5 Å². The van der Waals surface area contributed by atoms with E-state index in [-0.39, 0.29) is 11.7 Å². The van der Waals surface area contributed by atoms with Gasteiger partial charge in [-0.05, 0) is 46.3 Å². The number of ether oxygens (including phenoxy) is 1. The van der Waals surface area contributed by atoms with E-state index in [1.165, 1.54) is 6.07 Å². The Kier molecular flexibility index (Phi) is 4.67. The number of rotatable bonds is 3. The number of phenolic OH excluding ortho intramolecular Hbond substituents is 1. The molecule has 0 unspecified atom stereocenters. The van der Waals surface area contributed by atoms with Crippen LogP contribution in [-0.2, 0) is 0 Å². The second-order valence-corrected chi connectivity index (χ2v) is 5.77. The molecule has 0 bridgehead atoms. The monoisotopic (exact) mass is 399 g/mol. The van der Waals surface area contributed by atoms with Gasteiger partial charge in [-0.15, -0.1) is 0 Å². The number of carbonyl (C=O) groups excluding carboxylic acids is 1. The zero-order valence-corrected chi connectivity index (χ0v) is 13.7. The average Bonchev–Trinajstić information content (AvgIpc) is 2.41. The van der Waals surface area contributed by atoms with E-state index in [1.807, 2.05) is 0 Å². The van der Waals surface area contributed by atoms with Gasteiger partial charge in [0.15, 0.2) is 0 Å². The molecule has 0 atom stereocenters. The van der Waals surface area contributed by atoms with E-state index in [9.17, 15) is 9.90 Å². The lowest BCUT2D eigenvalue weighted by atomic mass is 10.2. The number of hydrogen-bond donors (Lipinski definition) is 2. The highest BCUT2D eigenvalue weighted by Crippen LogP contribution is 2.27. The van der Waals surface area contributed by atoms with Gasteiger partial charge in [0, 0.05) is 21.8 Å². The highest BCUT2D eigenvalue weighted by Gasteiger charge is 2.09. The van der Waals surface area contributed by atoms with E-state index >= 15 is 0 Å². The number of nitrogens with one attached hydrogen (secondary N) is 1. The van der Waals surface area contributed by atoms with Crippen LogP contribution in [0.25, 0.3) is 0 Å². The van der Waals surface area contributed by atoms with Crippen molar-refractivity contribution in [3.8, 4) is 11.5 Å². The third kappa shape index (κ3) is 3.52. The maximum Gasteiger partial charge on any atom is 0.255 e. The fraction of sp³-hybridized carbons (Fsp3) is 0.0714. The number of amides is 1. The van der Waals surface area contributed by atoms with Crippen molar-refractivity contribution in [3.05, 3.63) is 50.9 Å². The predicted octanol–water partition coefficient (Wildman–Crippen LogP) is 4.18. The lowest BCUT2D eigenvalue weighted by Gasteiger charge is -2.09. The van der Waals surface area contributed by atoms with Gasteiger partial charge in [-0.2, -0.15) is 0 Å². The number of anilines is 1. The van der Waals surface area contributed by atoms with Crippen molar-refractivity contribution in [2.45, 2.75) is 0 Å². The summed E-state index contributed by atoms with van der Waals surface area (Å²) in [7, 11) is 1.56. The lowest BCUT2D eigenvalue weighted by Crippen LogP contribution is -2.11. The Morgan fingerprint density at radius 3 is 2.60 bits per heavy atom. The fourth-order valence-electron chi connectivity index (χ4n) is 1.61. The summed E-state index contributed by atoms with van der Waals surface area (Å²) in [6.45, 7) is 0. The maximum atomic E-state index is 12.1. The molecule has 0 fully saturated rings. The second kappa shape index (κ2) is 6.28. The summed E-state index contributed by atoms with van der Waals surface area (Å²) >= 11 is 6.51. The fourth-order valence-corrected chi connectivity index (χ4v) is 2.33. The Morgan fingerprint density at radius 1 is 1.20 bits per heavy atom. The van der Waals surface area contributed by atoms with E-state index in [1.54, 1.807) is 37.4 Å². The first kappa shape index (κ1) is 14.9. The smallest absolute Gasteiger partial charge is 0.255 e. The van der Waals surface area contributed by atoms with Crippen molar-refractivity contribution in [2.75, 3.05) is 12.4 Å². The highest BCUT2D eigenvalue weighted by atomic mass is 79.9. The molecule has 0 aliphatic carbocycles. The van der Waals surface area contributed by atoms with Gasteiger partial charge in [0.05, 0.1) is 11.6 Å². The Labute approximate surface area is 133 Å². The molecule has 20 heavy (non-hydrogen) atoms. The van der Waals surface area contributed by atoms with E-state index in [0.717, 1.165) is 4.47 Å². The molecule has 0 saturated heterocycles. The molecule has 0 radical (unpaired) electrons. The summed E-state index contributed by atoms with van der Waals surface area (Å²) in [6, 6.07) is 9.90. The minimum atomic E-state index is -0.312. The number of aromatic hydroxyl groups is 1. The van der Waals surface area contributed by atoms with E-state index < -0.39 is 0 Å². The number of hydrogen-bond acceptors (Lipinski definition) is 3. The van der Waals surface area contributed by atoms with Gasteiger partial charge in [0.25, 0.3) is 5.91 Å². The van der Waals surface area contributed by atoms with Gasteiger partial charge < -0.3 is 15.2 Å². The van der Waals surface area contributed by atoms with Crippen LogP contribution >= 0.6 is 31.9 Å². The third-order valence-corrected chi connectivity index (χ3v) is 3.70. The maximum absolute atomic E-state index is 12.1. The number of methoxy groups -OCH3 is 1. The molecule has 104 valence electrons. The molecule has 0 aliphatic rings. The predicted molar refractivity (Wildman–Crippen MR) is 84.5 cm³/mol. The first-order valence-corrected chi connectivity index (χ1v) is 7.22. The van der Waals surface area contributed by atoms with Crippen molar-refractivity contribution in [1.82, 2.24) is 0 Å². The largest absolute Gasteiger partial charge is 0.507 e. The van der Waals surface area contributed by atoms with Gasteiger partial charge in [-0.25, -0.2) is 0 Å². The van der Waals surface area contributed by atoms with Crippen LogP contribution in [0.4, 0.5) is 5.69 Å². The van der Waals surface area contributed by atoms with Gasteiger partial charge in [0.2, 0.25) is 0 Å². The lowest BCUT2D eigenvalue weighted by molar-refractivity contribution is 0.102. The molecule has 2 rings (SSSR count). The molecule has 6 heteroatoms. The van der Waals surface area contributed by atoms with Crippen LogP contribution in [0.2, 0.25) is 0 Å². The molecule has 0 saturated carbocycles. The topological polar surface area (TPSA) is 58.6 Å². The Hall–Kier alpha value is -1.53. The van der Waals surface area contributed by atoms with Crippen LogP contribution in [0.3, 0.4) is 0 Å².